The monoisotopic (exact) mass is 165 g/mol. The van der Waals surface area contributed by atoms with Gasteiger partial charge in [-0.2, -0.15) is 0 Å². The molecule has 0 aliphatic carbocycles. The van der Waals surface area contributed by atoms with E-state index in [1.54, 1.807) is 23.9 Å². The fourth-order valence-corrected chi connectivity index (χ4v) is 2.06. The Hall–Kier alpha value is -0.760. The molecule has 1 aliphatic heterocycles. The van der Waals surface area contributed by atoms with Gasteiger partial charge in [-0.05, 0) is 5.56 Å². The van der Waals surface area contributed by atoms with Gasteiger partial charge in [0, 0.05) is 11.3 Å². The molecule has 0 spiro atoms. The molecule has 0 aromatic heterocycles. The van der Waals surface area contributed by atoms with Gasteiger partial charge < -0.3 is 0 Å². The molecule has 0 unspecified atom stereocenters. The Morgan fingerprint density at radius 2 is 2.36 bits per heavy atom. The molecular formula is C9H8OS. The summed E-state index contributed by atoms with van der Waals surface area (Å²) in [5, 5.41) is 0. The molecule has 1 aromatic rings. The third kappa shape index (κ3) is 1.18. The standard InChI is InChI=1S/C9H8OS/c10-9-6-11-5-7-3-1-2-4-8(7)9/h1-4H,5-6H2/i3D. The quantitative estimate of drug-likeness (QED) is 0.585. The first-order valence-corrected chi connectivity index (χ1v) is 4.64. The normalized spacial score (nSPS) is 17.5. The van der Waals surface area contributed by atoms with Gasteiger partial charge in [0.1, 0.15) is 0 Å². The van der Waals surface area contributed by atoms with Crippen LogP contribution in [0.5, 0.6) is 0 Å². The van der Waals surface area contributed by atoms with E-state index in [4.69, 9.17) is 1.37 Å². The highest BCUT2D eigenvalue weighted by Gasteiger charge is 2.15. The zero-order chi connectivity index (χ0) is 8.55. The van der Waals surface area contributed by atoms with Crippen LogP contribution in [0.15, 0.2) is 24.2 Å². The van der Waals surface area contributed by atoms with E-state index < -0.39 is 0 Å². The van der Waals surface area contributed by atoms with Gasteiger partial charge in [0.15, 0.2) is 5.78 Å². The maximum atomic E-state index is 11.3. The topological polar surface area (TPSA) is 17.1 Å². The molecule has 1 nitrogen and oxygen atoms in total. The molecule has 2 heteroatoms. The highest BCUT2D eigenvalue weighted by Crippen LogP contribution is 2.23. The van der Waals surface area contributed by atoms with Gasteiger partial charge >= 0.3 is 0 Å². The lowest BCUT2D eigenvalue weighted by Gasteiger charge is -2.12. The van der Waals surface area contributed by atoms with Gasteiger partial charge in [0.2, 0.25) is 0 Å². The fraction of sp³-hybridized carbons (Fsp3) is 0.222. The van der Waals surface area contributed by atoms with Crippen LogP contribution in [0.2, 0.25) is 0 Å². The first kappa shape index (κ1) is 5.84. The summed E-state index contributed by atoms with van der Waals surface area (Å²) in [6, 6.07) is 5.82. The number of carbonyl (C=O) groups excluding carboxylic acids is 1. The predicted molar refractivity (Wildman–Crippen MR) is 46.9 cm³/mol. The summed E-state index contributed by atoms with van der Waals surface area (Å²) in [6.07, 6.45) is 0. The van der Waals surface area contributed by atoms with Crippen LogP contribution in [0.1, 0.15) is 17.3 Å². The van der Waals surface area contributed by atoms with Crippen LogP contribution >= 0.6 is 11.8 Å². The van der Waals surface area contributed by atoms with E-state index in [9.17, 15) is 4.79 Å². The van der Waals surface area contributed by atoms with E-state index in [1.807, 2.05) is 6.07 Å². The summed E-state index contributed by atoms with van der Waals surface area (Å²) in [5.74, 6) is 1.53. The van der Waals surface area contributed by atoms with Crippen molar-refractivity contribution < 1.29 is 6.17 Å². The van der Waals surface area contributed by atoms with Crippen molar-refractivity contribution in [3.63, 3.8) is 0 Å². The van der Waals surface area contributed by atoms with Crippen molar-refractivity contribution in [3.8, 4) is 0 Å². The minimum absolute atomic E-state index is 0.162. The molecule has 56 valence electrons. The fourth-order valence-electron chi connectivity index (χ4n) is 1.18. The number of benzene rings is 1. The van der Waals surface area contributed by atoms with Crippen molar-refractivity contribution in [1.82, 2.24) is 0 Å². The Balaban J connectivity index is 2.59. The Morgan fingerprint density at radius 3 is 3.18 bits per heavy atom. The molecule has 0 saturated carbocycles. The number of carbonyl (C=O) groups is 1. The summed E-state index contributed by atoms with van der Waals surface area (Å²) >= 11 is 1.59. The van der Waals surface area contributed by atoms with E-state index in [0.717, 1.165) is 16.9 Å². The van der Waals surface area contributed by atoms with Crippen LogP contribution < -0.4 is 0 Å². The Bertz CT molecular complexity index is 335. The van der Waals surface area contributed by atoms with Crippen molar-refractivity contribution in [3.05, 3.63) is 35.4 Å². The van der Waals surface area contributed by atoms with Crippen molar-refractivity contribution >= 4 is 17.5 Å². The Kier molecular flexibility index (Phi) is 1.43. The number of fused-ring (bicyclic) bond motifs is 1. The SMILES string of the molecule is [2H]c1cccc2c1CSCC2=O. The summed E-state index contributed by atoms with van der Waals surface area (Å²) in [4.78, 5) is 11.3. The highest BCUT2D eigenvalue weighted by molar-refractivity contribution is 7.99. The first-order valence-electron chi connectivity index (χ1n) is 3.98. The molecule has 1 aromatic carbocycles. The summed E-state index contributed by atoms with van der Waals surface area (Å²) in [7, 11) is 0. The van der Waals surface area contributed by atoms with Crippen molar-refractivity contribution in [1.29, 1.82) is 0 Å². The molecule has 0 radical (unpaired) electrons. The second-order valence-corrected chi connectivity index (χ2v) is 3.46. The second kappa shape index (κ2) is 2.70. The zero-order valence-electron chi connectivity index (χ0n) is 6.96. The number of Topliss-reactive ketones (excluding diaryl/α,β-unsaturated/α-hetero) is 1. The molecule has 1 aliphatic rings. The van der Waals surface area contributed by atoms with Crippen LogP contribution in [0.3, 0.4) is 0 Å². The molecule has 0 fully saturated rings. The molecule has 0 atom stereocenters. The lowest BCUT2D eigenvalue weighted by molar-refractivity contribution is 0.102. The van der Waals surface area contributed by atoms with E-state index in [2.05, 4.69) is 0 Å². The number of hydrogen-bond acceptors (Lipinski definition) is 2. The molecule has 2 rings (SSSR count). The van der Waals surface area contributed by atoms with E-state index in [1.165, 1.54) is 0 Å². The minimum atomic E-state index is 0.162. The lowest BCUT2D eigenvalue weighted by Crippen LogP contribution is -2.10. The van der Waals surface area contributed by atoms with Crippen LogP contribution in [-0.4, -0.2) is 11.5 Å². The summed E-state index contributed by atoms with van der Waals surface area (Å²) < 4.78 is 7.57. The molecule has 0 saturated heterocycles. The number of hydrogen-bond donors (Lipinski definition) is 0. The van der Waals surface area contributed by atoms with E-state index >= 15 is 0 Å². The smallest absolute Gasteiger partial charge is 0.173 e. The molecule has 11 heavy (non-hydrogen) atoms. The molecular weight excluding hydrogens is 156 g/mol. The highest BCUT2D eigenvalue weighted by atomic mass is 32.2. The van der Waals surface area contributed by atoms with Gasteiger partial charge in [-0.15, -0.1) is 11.8 Å². The van der Waals surface area contributed by atoms with Crippen molar-refractivity contribution in [2.45, 2.75) is 5.75 Å². The Morgan fingerprint density at radius 1 is 1.45 bits per heavy atom. The largest absolute Gasteiger partial charge is 0.293 e. The second-order valence-electron chi connectivity index (χ2n) is 2.48. The third-order valence-electron chi connectivity index (χ3n) is 1.72. The average molecular weight is 165 g/mol. The average Bonchev–Trinajstić information content (AvgIpc) is 2.07. The zero-order valence-corrected chi connectivity index (χ0v) is 6.78. The van der Waals surface area contributed by atoms with Gasteiger partial charge in [0.05, 0.1) is 7.12 Å². The van der Waals surface area contributed by atoms with Crippen LogP contribution in [-0.2, 0) is 5.75 Å². The van der Waals surface area contributed by atoms with Crippen LogP contribution in [0.4, 0.5) is 0 Å². The number of ketones is 1. The third-order valence-corrected chi connectivity index (χ3v) is 2.68. The number of thioether (sulfide) groups is 1. The van der Waals surface area contributed by atoms with Crippen LogP contribution in [0.25, 0.3) is 0 Å². The molecule has 0 amide bonds. The lowest BCUT2D eigenvalue weighted by atomic mass is 10.1. The molecule has 1 heterocycles. The Labute approximate surface area is 71.2 Å². The maximum Gasteiger partial charge on any atom is 0.173 e. The minimum Gasteiger partial charge on any atom is -0.293 e. The predicted octanol–water partition coefficient (Wildman–Crippen LogP) is 2.12. The van der Waals surface area contributed by atoms with Crippen molar-refractivity contribution in [2.24, 2.45) is 0 Å². The van der Waals surface area contributed by atoms with Crippen molar-refractivity contribution in [2.75, 3.05) is 5.75 Å². The van der Waals surface area contributed by atoms with Gasteiger partial charge in [-0.1, -0.05) is 24.2 Å². The van der Waals surface area contributed by atoms with Gasteiger partial charge in [0.25, 0.3) is 0 Å². The first-order chi connectivity index (χ1) is 5.79. The van der Waals surface area contributed by atoms with Gasteiger partial charge in [-0.3, -0.25) is 4.79 Å². The maximum absolute atomic E-state index is 11.3. The number of rotatable bonds is 0. The van der Waals surface area contributed by atoms with E-state index in [-0.39, 0.29) is 5.78 Å². The van der Waals surface area contributed by atoms with E-state index in [0.29, 0.717) is 11.8 Å². The molecule has 0 N–H and O–H groups in total. The summed E-state index contributed by atoms with van der Waals surface area (Å²) in [6.45, 7) is 0. The van der Waals surface area contributed by atoms with Crippen LogP contribution in [0, 0.1) is 0 Å². The summed E-state index contributed by atoms with van der Waals surface area (Å²) in [5.41, 5.74) is 1.65. The molecule has 0 bridgehead atoms. The van der Waals surface area contributed by atoms with Gasteiger partial charge in [-0.25, -0.2) is 0 Å².